The van der Waals surface area contributed by atoms with E-state index in [0.29, 0.717) is 12.1 Å². The molecule has 0 aliphatic heterocycles. The van der Waals surface area contributed by atoms with Crippen LogP contribution in [-0.2, 0) is 0 Å². The fourth-order valence-corrected chi connectivity index (χ4v) is 0.979. The standard InChI is InChI=1S/C8H18N2/c1-7(10-6-9)5-8(2,3)4/h5-6,9H2,1-4H3. The lowest BCUT2D eigenvalue weighted by atomic mass is 9.90. The third-order valence-corrected chi connectivity index (χ3v) is 1.15. The van der Waals surface area contributed by atoms with Crippen molar-refractivity contribution >= 4 is 5.71 Å². The molecular weight excluding hydrogens is 124 g/mol. The Hall–Kier alpha value is -0.370. The van der Waals surface area contributed by atoms with Crippen molar-refractivity contribution in [3.63, 3.8) is 0 Å². The van der Waals surface area contributed by atoms with Crippen LogP contribution in [0, 0.1) is 5.41 Å². The molecule has 0 aromatic carbocycles. The normalized spacial score (nSPS) is 13.9. The summed E-state index contributed by atoms with van der Waals surface area (Å²) in [7, 11) is 0. The molecule has 0 aromatic heterocycles. The van der Waals surface area contributed by atoms with Gasteiger partial charge in [0, 0.05) is 5.71 Å². The van der Waals surface area contributed by atoms with Crippen LogP contribution in [0.1, 0.15) is 34.1 Å². The van der Waals surface area contributed by atoms with Gasteiger partial charge in [-0.15, -0.1) is 0 Å². The van der Waals surface area contributed by atoms with E-state index >= 15 is 0 Å². The molecular formula is C8H18N2. The van der Waals surface area contributed by atoms with E-state index in [4.69, 9.17) is 5.73 Å². The summed E-state index contributed by atoms with van der Waals surface area (Å²) in [5.41, 5.74) is 6.74. The van der Waals surface area contributed by atoms with Crippen LogP contribution >= 0.6 is 0 Å². The lowest BCUT2D eigenvalue weighted by molar-refractivity contribution is 0.433. The number of rotatable bonds is 2. The molecule has 0 fully saturated rings. The molecule has 0 spiro atoms. The highest BCUT2D eigenvalue weighted by Gasteiger charge is 2.10. The first-order valence-electron chi connectivity index (χ1n) is 3.66. The Morgan fingerprint density at radius 1 is 1.40 bits per heavy atom. The Morgan fingerprint density at radius 3 is 2.20 bits per heavy atom. The van der Waals surface area contributed by atoms with Gasteiger partial charge in [0.2, 0.25) is 0 Å². The lowest BCUT2D eigenvalue weighted by Gasteiger charge is -2.17. The number of hydrogen-bond donors (Lipinski definition) is 1. The summed E-state index contributed by atoms with van der Waals surface area (Å²) in [6.07, 6.45) is 1.03. The molecule has 0 aliphatic rings. The number of aliphatic imine (C=N–C) groups is 1. The highest BCUT2D eigenvalue weighted by atomic mass is 14.9. The minimum Gasteiger partial charge on any atom is -0.312 e. The van der Waals surface area contributed by atoms with Gasteiger partial charge in [-0.2, -0.15) is 0 Å². The quantitative estimate of drug-likeness (QED) is 0.586. The molecule has 60 valence electrons. The van der Waals surface area contributed by atoms with Gasteiger partial charge in [0.25, 0.3) is 0 Å². The maximum atomic E-state index is 5.26. The molecule has 2 nitrogen and oxygen atoms in total. The van der Waals surface area contributed by atoms with Gasteiger partial charge in [0.1, 0.15) is 0 Å². The fraction of sp³-hybridized carbons (Fsp3) is 0.875. The van der Waals surface area contributed by atoms with Crippen LogP contribution in [0.4, 0.5) is 0 Å². The molecule has 0 saturated heterocycles. The molecule has 0 saturated carbocycles. The van der Waals surface area contributed by atoms with Crippen molar-refractivity contribution in [2.24, 2.45) is 16.1 Å². The molecule has 0 heterocycles. The number of nitrogens with two attached hydrogens (primary N) is 1. The van der Waals surface area contributed by atoms with Gasteiger partial charge >= 0.3 is 0 Å². The first-order valence-corrected chi connectivity index (χ1v) is 3.66. The Kier molecular flexibility index (Phi) is 3.58. The molecule has 0 amide bonds. The van der Waals surface area contributed by atoms with E-state index in [0.717, 1.165) is 12.1 Å². The number of hydrogen-bond acceptors (Lipinski definition) is 2. The Balaban J connectivity index is 3.79. The molecule has 0 unspecified atom stereocenters. The summed E-state index contributed by atoms with van der Waals surface area (Å²) in [5, 5.41) is 0. The summed E-state index contributed by atoms with van der Waals surface area (Å²) < 4.78 is 0. The molecule has 0 aliphatic carbocycles. The van der Waals surface area contributed by atoms with Crippen molar-refractivity contribution in [1.82, 2.24) is 0 Å². The first-order chi connectivity index (χ1) is 4.45. The van der Waals surface area contributed by atoms with Crippen molar-refractivity contribution in [1.29, 1.82) is 0 Å². The Bertz CT molecular complexity index is 120. The summed E-state index contributed by atoms with van der Waals surface area (Å²) in [6, 6.07) is 0. The van der Waals surface area contributed by atoms with Crippen LogP contribution in [-0.4, -0.2) is 12.4 Å². The highest BCUT2D eigenvalue weighted by molar-refractivity contribution is 5.82. The third kappa shape index (κ3) is 5.76. The van der Waals surface area contributed by atoms with Crippen LogP contribution in [0.5, 0.6) is 0 Å². The van der Waals surface area contributed by atoms with Crippen molar-refractivity contribution < 1.29 is 0 Å². The van der Waals surface area contributed by atoms with Gasteiger partial charge in [-0.25, -0.2) is 0 Å². The predicted molar refractivity (Wildman–Crippen MR) is 46.2 cm³/mol. The lowest BCUT2D eigenvalue weighted by Crippen LogP contribution is -2.11. The minimum absolute atomic E-state index is 0.336. The van der Waals surface area contributed by atoms with E-state index in [1.165, 1.54) is 0 Å². The van der Waals surface area contributed by atoms with Crippen LogP contribution in [0.25, 0.3) is 0 Å². The average Bonchev–Trinajstić information content (AvgIpc) is 1.59. The third-order valence-electron chi connectivity index (χ3n) is 1.15. The van der Waals surface area contributed by atoms with Crippen LogP contribution < -0.4 is 5.73 Å². The maximum absolute atomic E-state index is 5.26. The zero-order chi connectivity index (χ0) is 8.20. The monoisotopic (exact) mass is 142 g/mol. The number of nitrogens with zero attached hydrogens (tertiary/aromatic N) is 1. The van der Waals surface area contributed by atoms with Crippen molar-refractivity contribution in [3.8, 4) is 0 Å². The maximum Gasteiger partial charge on any atom is 0.0858 e. The summed E-state index contributed by atoms with van der Waals surface area (Å²) in [4.78, 5) is 4.10. The smallest absolute Gasteiger partial charge is 0.0858 e. The van der Waals surface area contributed by atoms with Crippen molar-refractivity contribution in [3.05, 3.63) is 0 Å². The van der Waals surface area contributed by atoms with E-state index < -0.39 is 0 Å². The molecule has 0 aromatic rings. The zero-order valence-corrected chi connectivity index (χ0v) is 7.44. The second-order valence-corrected chi connectivity index (χ2v) is 3.81. The topological polar surface area (TPSA) is 38.4 Å². The van der Waals surface area contributed by atoms with Crippen molar-refractivity contribution in [2.75, 3.05) is 6.67 Å². The minimum atomic E-state index is 0.336. The van der Waals surface area contributed by atoms with Crippen LogP contribution in [0.15, 0.2) is 4.99 Å². The van der Waals surface area contributed by atoms with E-state index in [-0.39, 0.29) is 0 Å². The molecule has 2 N–H and O–H groups in total. The Labute approximate surface area is 63.5 Å². The van der Waals surface area contributed by atoms with Gasteiger partial charge in [0.05, 0.1) is 6.67 Å². The average molecular weight is 142 g/mol. The van der Waals surface area contributed by atoms with Gasteiger partial charge in [-0.3, -0.25) is 4.99 Å². The summed E-state index contributed by atoms with van der Waals surface area (Å²) in [5.74, 6) is 0. The molecule has 2 heteroatoms. The van der Waals surface area contributed by atoms with Gasteiger partial charge in [0.15, 0.2) is 0 Å². The SMILES string of the molecule is CC(CC(C)(C)C)=NCN. The zero-order valence-electron chi connectivity index (χ0n) is 7.44. The molecule has 0 atom stereocenters. The van der Waals surface area contributed by atoms with E-state index in [2.05, 4.69) is 25.8 Å². The summed E-state index contributed by atoms with van der Waals surface area (Å²) >= 11 is 0. The van der Waals surface area contributed by atoms with Crippen molar-refractivity contribution in [2.45, 2.75) is 34.1 Å². The van der Waals surface area contributed by atoms with Gasteiger partial charge in [-0.1, -0.05) is 20.8 Å². The van der Waals surface area contributed by atoms with E-state index in [1.54, 1.807) is 0 Å². The Morgan fingerprint density at radius 2 is 1.90 bits per heavy atom. The highest BCUT2D eigenvalue weighted by Crippen LogP contribution is 2.18. The molecule has 0 rings (SSSR count). The van der Waals surface area contributed by atoms with Crippen LogP contribution in [0.3, 0.4) is 0 Å². The fourth-order valence-electron chi connectivity index (χ4n) is 0.979. The second kappa shape index (κ2) is 3.71. The van der Waals surface area contributed by atoms with E-state index in [1.807, 2.05) is 6.92 Å². The molecule has 10 heavy (non-hydrogen) atoms. The van der Waals surface area contributed by atoms with Gasteiger partial charge in [-0.05, 0) is 18.8 Å². The van der Waals surface area contributed by atoms with E-state index in [9.17, 15) is 0 Å². The van der Waals surface area contributed by atoms with Crippen LogP contribution in [0.2, 0.25) is 0 Å². The summed E-state index contributed by atoms with van der Waals surface area (Å²) in [6.45, 7) is 9.04. The first kappa shape index (κ1) is 9.63. The predicted octanol–water partition coefficient (Wildman–Crippen LogP) is 1.80. The largest absolute Gasteiger partial charge is 0.312 e. The second-order valence-electron chi connectivity index (χ2n) is 3.81. The molecule has 0 radical (unpaired) electrons. The van der Waals surface area contributed by atoms with Gasteiger partial charge < -0.3 is 5.73 Å². The molecule has 0 bridgehead atoms.